The van der Waals surface area contributed by atoms with E-state index in [-0.39, 0.29) is 12.2 Å². The number of carboxylic acid groups (broad SMARTS) is 1. The van der Waals surface area contributed by atoms with E-state index in [0.717, 1.165) is 5.75 Å². The second-order valence-corrected chi connectivity index (χ2v) is 4.45. The lowest BCUT2D eigenvalue weighted by Gasteiger charge is -2.09. The summed E-state index contributed by atoms with van der Waals surface area (Å²) in [6.07, 6.45) is 1.07. The lowest BCUT2D eigenvalue weighted by molar-refractivity contribution is -0.137. The average Bonchev–Trinajstić information content (AvgIpc) is 2.43. The Morgan fingerprint density at radius 3 is 2.50 bits per heavy atom. The van der Waals surface area contributed by atoms with E-state index in [2.05, 4.69) is 0 Å². The van der Waals surface area contributed by atoms with Crippen LogP contribution in [0.3, 0.4) is 0 Å². The molecule has 2 rings (SSSR count). The molecular weight excluding hydrogens is 256 g/mol. The molecule has 0 atom stereocenters. The van der Waals surface area contributed by atoms with E-state index in [9.17, 15) is 9.90 Å². The Morgan fingerprint density at radius 2 is 1.80 bits per heavy atom. The van der Waals surface area contributed by atoms with Crippen molar-refractivity contribution in [2.45, 2.75) is 19.3 Å². The van der Waals surface area contributed by atoms with Gasteiger partial charge in [-0.3, -0.25) is 4.79 Å². The molecule has 2 N–H and O–H groups in total. The van der Waals surface area contributed by atoms with E-state index in [1.807, 2.05) is 30.3 Å². The Morgan fingerprint density at radius 1 is 1.05 bits per heavy atom. The molecule has 0 unspecified atom stereocenters. The molecule has 0 heterocycles. The molecule has 2 aromatic rings. The highest BCUT2D eigenvalue weighted by atomic mass is 16.5. The van der Waals surface area contributed by atoms with Crippen molar-refractivity contribution in [3.05, 3.63) is 54.1 Å². The molecular formula is C16H16O4. The van der Waals surface area contributed by atoms with Crippen LogP contribution in [0.2, 0.25) is 0 Å². The van der Waals surface area contributed by atoms with Gasteiger partial charge in [0.2, 0.25) is 0 Å². The molecule has 0 radical (unpaired) electrons. The average molecular weight is 272 g/mol. The van der Waals surface area contributed by atoms with Gasteiger partial charge in [-0.25, -0.2) is 0 Å². The number of aromatic hydroxyl groups is 1. The fourth-order valence-electron chi connectivity index (χ4n) is 1.88. The summed E-state index contributed by atoms with van der Waals surface area (Å²) in [5.41, 5.74) is 0.694. The lowest BCUT2D eigenvalue weighted by Crippen LogP contribution is -1.96. The van der Waals surface area contributed by atoms with E-state index in [4.69, 9.17) is 9.84 Å². The van der Waals surface area contributed by atoms with Gasteiger partial charge >= 0.3 is 5.97 Å². The first-order chi connectivity index (χ1) is 9.65. The number of rotatable bonds is 6. The van der Waals surface area contributed by atoms with Gasteiger partial charge in [-0.1, -0.05) is 18.2 Å². The van der Waals surface area contributed by atoms with Crippen LogP contribution in [-0.2, 0) is 11.2 Å². The van der Waals surface area contributed by atoms with Crippen molar-refractivity contribution < 1.29 is 19.7 Å². The number of carbonyl (C=O) groups is 1. The SMILES string of the molecule is O=C(O)CCCc1cc(Oc2ccccc2)ccc1O. The van der Waals surface area contributed by atoms with Crippen LogP contribution < -0.4 is 4.74 Å². The molecule has 0 amide bonds. The minimum atomic E-state index is -0.832. The van der Waals surface area contributed by atoms with Crippen LogP contribution in [0.4, 0.5) is 0 Å². The quantitative estimate of drug-likeness (QED) is 0.843. The fourth-order valence-corrected chi connectivity index (χ4v) is 1.88. The predicted molar refractivity (Wildman–Crippen MR) is 75.2 cm³/mol. The first kappa shape index (κ1) is 13.9. The normalized spacial score (nSPS) is 10.2. The van der Waals surface area contributed by atoms with Gasteiger partial charge in [-0.15, -0.1) is 0 Å². The monoisotopic (exact) mass is 272 g/mol. The van der Waals surface area contributed by atoms with Gasteiger partial charge in [0.15, 0.2) is 0 Å². The Balaban J connectivity index is 2.06. The first-order valence-electron chi connectivity index (χ1n) is 6.42. The predicted octanol–water partition coefficient (Wildman–Crippen LogP) is 3.59. The minimum Gasteiger partial charge on any atom is -0.508 e. The van der Waals surface area contributed by atoms with Crippen molar-refractivity contribution in [3.8, 4) is 17.2 Å². The molecule has 0 saturated carbocycles. The molecule has 0 aliphatic carbocycles. The molecule has 20 heavy (non-hydrogen) atoms. The summed E-state index contributed by atoms with van der Waals surface area (Å²) in [5.74, 6) is 0.672. The number of aryl methyl sites for hydroxylation is 1. The molecule has 4 nitrogen and oxygen atoms in total. The molecule has 0 aliphatic rings. The van der Waals surface area contributed by atoms with Crippen molar-refractivity contribution in [3.63, 3.8) is 0 Å². The maximum atomic E-state index is 10.5. The largest absolute Gasteiger partial charge is 0.508 e. The number of ether oxygens (including phenoxy) is 1. The van der Waals surface area contributed by atoms with Gasteiger partial charge in [0, 0.05) is 6.42 Å². The topological polar surface area (TPSA) is 66.8 Å². The summed E-state index contributed by atoms with van der Waals surface area (Å²) in [4.78, 5) is 10.5. The Hall–Kier alpha value is -2.49. The van der Waals surface area contributed by atoms with Crippen molar-refractivity contribution in [2.24, 2.45) is 0 Å². The van der Waals surface area contributed by atoms with Crippen molar-refractivity contribution in [1.82, 2.24) is 0 Å². The van der Waals surface area contributed by atoms with Gasteiger partial charge in [0.05, 0.1) is 0 Å². The molecule has 4 heteroatoms. The smallest absolute Gasteiger partial charge is 0.303 e. The van der Waals surface area contributed by atoms with Crippen LogP contribution in [0.15, 0.2) is 48.5 Å². The number of hydrogen-bond donors (Lipinski definition) is 2. The fraction of sp³-hybridized carbons (Fsp3) is 0.188. The maximum absolute atomic E-state index is 10.5. The third kappa shape index (κ3) is 4.02. The zero-order chi connectivity index (χ0) is 14.4. The summed E-state index contributed by atoms with van der Waals surface area (Å²) in [5, 5.41) is 18.4. The highest BCUT2D eigenvalue weighted by Crippen LogP contribution is 2.28. The Labute approximate surface area is 117 Å². The highest BCUT2D eigenvalue weighted by Gasteiger charge is 2.06. The summed E-state index contributed by atoms with van der Waals surface area (Å²) < 4.78 is 5.67. The number of benzene rings is 2. The van der Waals surface area contributed by atoms with E-state index in [0.29, 0.717) is 24.2 Å². The summed E-state index contributed by atoms with van der Waals surface area (Å²) >= 11 is 0. The van der Waals surface area contributed by atoms with Crippen LogP contribution in [0.1, 0.15) is 18.4 Å². The molecule has 104 valence electrons. The number of hydrogen-bond acceptors (Lipinski definition) is 3. The highest BCUT2D eigenvalue weighted by molar-refractivity contribution is 5.66. The number of phenols is 1. The van der Waals surface area contributed by atoms with Crippen LogP contribution in [0.25, 0.3) is 0 Å². The van der Waals surface area contributed by atoms with Crippen molar-refractivity contribution in [2.75, 3.05) is 0 Å². The van der Waals surface area contributed by atoms with E-state index < -0.39 is 5.97 Å². The molecule has 0 aromatic heterocycles. The second-order valence-electron chi connectivity index (χ2n) is 4.45. The number of aliphatic carboxylic acids is 1. The van der Waals surface area contributed by atoms with Gasteiger partial charge in [0.25, 0.3) is 0 Å². The minimum absolute atomic E-state index is 0.0865. The molecule has 0 spiro atoms. The standard InChI is InChI=1S/C16H16O4/c17-15-10-9-14(20-13-6-2-1-3-7-13)11-12(15)5-4-8-16(18)19/h1-3,6-7,9-11,17H,4-5,8H2,(H,18,19). The third-order valence-electron chi connectivity index (χ3n) is 2.87. The van der Waals surface area contributed by atoms with Gasteiger partial charge in [-0.2, -0.15) is 0 Å². The molecule has 0 aliphatic heterocycles. The number of para-hydroxylation sites is 1. The van der Waals surface area contributed by atoms with E-state index >= 15 is 0 Å². The summed E-state index contributed by atoms with van der Waals surface area (Å²) in [7, 11) is 0. The van der Waals surface area contributed by atoms with Gasteiger partial charge < -0.3 is 14.9 Å². The van der Waals surface area contributed by atoms with E-state index in [1.165, 1.54) is 0 Å². The van der Waals surface area contributed by atoms with Crippen LogP contribution >= 0.6 is 0 Å². The molecule has 2 aromatic carbocycles. The van der Waals surface area contributed by atoms with Crippen LogP contribution in [0.5, 0.6) is 17.2 Å². The number of carboxylic acids is 1. The second kappa shape index (κ2) is 6.61. The third-order valence-corrected chi connectivity index (χ3v) is 2.87. The lowest BCUT2D eigenvalue weighted by atomic mass is 10.1. The molecule has 0 saturated heterocycles. The van der Waals surface area contributed by atoms with Crippen molar-refractivity contribution in [1.29, 1.82) is 0 Å². The van der Waals surface area contributed by atoms with E-state index in [1.54, 1.807) is 18.2 Å². The maximum Gasteiger partial charge on any atom is 0.303 e. The number of phenolic OH excluding ortho intramolecular Hbond substituents is 1. The zero-order valence-corrected chi connectivity index (χ0v) is 11.0. The van der Waals surface area contributed by atoms with Crippen molar-refractivity contribution >= 4 is 5.97 Å². The molecule has 0 fully saturated rings. The Bertz CT molecular complexity index is 578. The van der Waals surface area contributed by atoms with Crippen LogP contribution in [-0.4, -0.2) is 16.2 Å². The van der Waals surface area contributed by atoms with Crippen LogP contribution in [0, 0.1) is 0 Å². The first-order valence-corrected chi connectivity index (χ1v) is 6.42. The molecule has 0 bridgehead atoms. The Kier molecular flexibility index (Phi) is 4.60. The van der Waals surface area contributed by atoms with Gasteiger partial charge in [0.1, 0.15) is 17.2 Å². The zero-order valence-electron chi connectivity index (χ0n) is 11.0. The van der Waals surface area contributed by atoms with Gasteiger partial charge in [-0.05, 0) is 48.7 Å². The summed E-state index contributed by atoms with van der Waals surface area (Å²) in [6, 6.07) is 14.3. The summed E-state index contributed by atoms with van der Waals surface area (Å²) in [6.45, 7) is 0.